The number of aromatic nitrogens is 2. The van der Waals surface area contributed by atoms with E-state index in [0.717, 1.165) is 9.86 Å². The van der Waals surface area contributed by atoms with Crippen molar-refractivity contribution in [2.24, 2.45) is 0 Å². The van der Waals surface area contributed by atoms with Crippen molar-refractivity contribution < 1.29 is 23.1 Å². The number of hydrogen-bond acceptors (Lipinski definition) is 2. The van der Waals surface area contributed by atoms with Crippen LogP contribution in [0.2, 0.25) is 0 Å². The molecule has 4 nitrogen and oxygen atoms in total. The van der Waals surface area contributed by atoms with Crippen molar-refractivity contribution in [1.29, 1.82) is 0 Å². The summed E-state index contributed by atoms with van der Waals surface area (Å²) in [4.78, 5) is 17.5. The molecule has 0 unspecified atom stereocenters. The van der Waals surface area contributed by atoms with E-state index in [1.54, 1.807) is 12.3 Å². The Kier molecular flexibility index (Phi) is 4.93. The van der Waals surface area contributed by atoms with Gasteiger partial charge in [0.25, 0.3) is 0 Å². The van der Waals surface area contributed by atoms with Crippen molar-refractivity contribution in [3.8, 4) is 0 Å². The van der Waals surface area contributed by atoms with Crippen molar-refractivity contribution in [3.63, 3.8) is 0 Å². The molecule has 0 bridgehead atoms. The number of fused-ring (bicyclic) bond motifs is 1. The van der Waals surface area contributed by atoms with E-state index < -0.39 is 12.1 Å². The standard InChI is InChI=1S/C9H7BrN2O2.C2H3F3/c10-7-1-2-11-9-6(7)3-5(12-9)4-8(13)14;1-2(3,4)5/h1-3H,4H2,(H,11,12)(H,13,14);1H3. The molecule has 0 atom stereocenters. The van der Waals surface area contributed by atoms with Gasteiger partial charge in [-0.2, -0.15) is 13.2 Å². The van der Waals surface area contributed by atoms with Crippen LogP contribution in [-0.2, 0) is 11.2 Å². The number of alkyl halides is 3. The van der Waals surface area contributed by atoms with Gasteiger partial charge in [-0.05, 0) is 28.1 Å². The minimum atomic E-state index is -4.00. The number of halogens is 4. The van der Waals surface area contributed by atoms with E-state index >= 15 is 0 Å². The summed E-state index contributed by atoms with van der Waals surface area (Å²) in [7, 11) is 0. The van der Waals surface area contributed by atoms with Crippen LogP contribution in [0.4, 0.5) is 13.2 Å². The Morgan fingerprint density at radius 3 is 2.58 bits per heavy atom. The Hall–Kier alpha value is -1.57. The molecule has 2 aromatic rings. The smallest absolute Gasteiger partial charge is 0.386 e. The fourth-order valence-electron chi connectivity index (χ4n) is 1.31. The Morgan fingerprint density at radius 2 is 2.11 bits per heavy atom. The van der Waals surface area contributed by atoms with Crippen LogP contribution in [0.3, 0.4) is 0 Å². The molecule has 0 aliphatic rings. The summed E-state index contributed by atoms with van der Waals surface area (Å²) < 4.78 is 32.0. The second-order valence-electron chi connectivity index (χ2n) is 3.70. The number of rotatable bonds is 2. The maximum atomic E-state index is 10.5. The molecule has 8 heteroatoms. The zero-order valence-electron chi connectivity index (χ0n) is 9.75. The molecular formula is C11H10BrF3N2O2. The fraction of sp³-hybridized carbons (Fsp3) is 0.273. The van der Waals surface area contributed by atoms with Gasteiger partial charge in [0.05, 0.1) is 6.42 Å². The topological polar surface area (TPSA) is 66.0 Å². The third-order valence-corrected chi connectivity index (χ3v) is 2.57. The van der Waals surface area contributed by atoms with Crippen molar-refractivity contribution in [3.05, 3.63) is 28.5 Å². The van der Waals surface area contributed by atoms with Crippen LogP contribution in [0.25, 0.3) is 11.0 Å². The molecule has 0 aliphatic heterocycles. The van der Waals surface area contributed by atoms with E-state index in [2.05, 4.69) is 25.9 Å². The molecule has 0 radical (unpaired) electrons. The Morgan fingerprint density at radius 1 is 1.53 bits per heavy atom. The van der Waals surface area contributed by atoms with Crippen LogP contribution >= 0.6 is 15.9 Å². The van der Waals surface area contributed by atoms with Gasteiger partial charge in [-0.1, -0.05) is 0 Å². The molecule has 2 aromatic heterocycles. The molecule has 19 heavy (non-hydrogen) atoms. The minimum absolute atomic E-state index is 0.0111. The number of hydrogen-bond donors (Lipinski definition) is 2. The van der Waals surface area contributed by atoms with Gasteiger partial charge in [0.15, 0.2) is 0 Å². The van der Waals surface area contributed by atoms with Gasteiger partial charge in [0, 0.05) is 28.7 Å². The highest BCUT2D eigenvalue weighted by atomic mass is 79.9. The highest BCUT2D eigenvalue weighted by Crippen LogP contribution is 2.22. The predicted molar refractivity (Wildman–Crippen MR) is 66.9 cm³/mol. The van der Waals surface area contributed by atoms with Crippen LogP contribution in [-0.4, -0.2) is 27.2 Å². The van der Waals surface area contributed by atoms with Gasteiger partial charge in [0.2, 0.25) is 0 Å². The summed E-state index contributed by atoms with van der Waals surface area (Å²) in [5.41, 5.74) is 1.36. The lowest BCUT2D eigenvalue weighted by atomic mass is 10.3. The molecule has 2 N–H and O–H groups in total. The predicted octanol–water partition coefficient (Wildman–Crippen LogP) is 3.52. The van der Waals surface area contributed by atoms with Crippen LogP contribution in [0.15, 0.2) is 22.8 Å². The molecule has 2 rings (SSSR count). The summed E-state index contributed by atoms with van der Waals surface area (Å²) in [6, 6.07) is 3.61. The average Bonchev–Trinajstić information content (AvgIpc) is 2.57. The first kappa shape index (κ1) is 15.5. The van der Waals surface area contributed by atoms with Crippen molar-refractivity contribution in [2.45, 2.75) is 19.5 Å². The molecule has 0 fully saturated rings. The van der Waals surface area contributed by atoms with Crippen LogP contribution < -0.4 is 0 Å². The summed E-state index contributed by atoms with van der Waals surface area (Å²) in [6.07, 6.45) is -2.35. The highest BCUT2D eigenvalue weighted by molar-refractivity contribution is 9.10. The lowest BCUT2D eigenvalue weighted by Gasteiger charge is -1.89. The van der Waals surface area contributed by atoms with Crippen molar-refractivity contribution >= 4 is 32.9 Å². The summed E-state index contributed by atoms with van der Waals surface area (Å²) in [6.45, 7) is 0.188. The molecule has 0 spiro atoms. The van der Waals surface area contributed by atoms with Crippen molar-refractivity contribution in [2.75, 3.05) is 0 Å². The number of carbonyl (C=O) groups is 1. The molecule has 104 valence electrons. The largest absolute Gasteiger partial charge is 0.481 e. The number of nitrogens with one attached hydrogen (secondary N) is 1. The Labute approximate surface area is 114 Å². The van der Waals surface area contributed by atoms with Crippen LogP contribution in [0, 0.1) is 0 Å². The molecule has 2 heterocycles. The second kappa shape index (κ2) is 6.05. The van der Waals surface area contributed by atoms with Gasteiger partial charge < -0.3 is 10.1 Å². The first-order valence-corrected chi connectivity index (χ1v) is 5.86. The Balaban J connectivity index is 0.000000312. The number of aromatic amines is 1. The maximum absolute atomic E-state index is 10.5. The second-order valence-corrected chi connectivity index (χ2v) is 4.56. The van der Waals surface area contributed by atoms with Crippen LogP contribution in [0.1, 0.15) is 12.6 Å². The van der Waals surface area contributed by atoms with Crippen molar-refractivity contribution in [1.82, 2.24) is 9.97 Å². The summed E-state index contributed by atoms with van der Waals surface area (Å²) in [5.74, 6) is -0.854. The number of pyridine rings is 1. The molecule has 0 saturated carbocycles. The zero-order valence-corrected chi connectivity index (χ0v) is 11.3. The Bertz CT molecular complexity index is 575. The summed E-state index contributed by atoms with van der Waals surface area (Å²) in [5, 5.41) is 9.52. The van der Waals surface area contributed by atoms with E-state index in [-0.39, 0.29) is 13.3 Å². The summed E-state index contributed by atoms with van der Waals surface area (Å²) >= 11 is 3.37. The molecular weight excluding hydrogens is 329 g/mol. The molecule has 0 saturated heterocycles. The number of carboxylic acid groups (broad SMARTS) is 1. The zero-order chi connectivity index (χ0) is 14.6. The average molecular weight is 339 g/mol. The van der Waals surface area contributed by atoms with E-state index in [1.807, 2.05) is 6.07 Å². The van der Waals surface area contributed by atoms with Crippen LogP contribution in [0.5, 0.6) is 0 Å². The fourth-order valence-corrected chi connectivity index (χ4v) is 1.73. The van der Waals surface area contributed by atoms with Gasteiger partial charge in [-0.3, -0.25) is 4.79 Å². The highest BCUT2D eigenvalue weighted by Gasteiger charge is 2.15. The first-order chi connectivity index (χ1) is 8.66. The first-order valence-electron chi connectivity index (χ1n) is 5.07. The number of nitrogens with zero attached hydrogens (tertiary/aromatic N) is 1. The lowest BCUT2D eigenvalue weighted by Crippen LogP contribution is -1.99. The van der Waals surface area contributed by atoms with E-state index in [4.69, 9.17) is 5.11 Å². The van der Waals surface area contributed by atoms with Gasteiger partial charge in [0.1, 0.15) is 5.65 Å². The number of carboxylic acids is 1. The number of aliphatic carboxylic acids is 1. The minimum Gasteiger partial charge on any atom is -0.481 e. The SMILES string of the molecule is CC(F)(F)F.O=C(O)Cc1cc2c(Br)ccnc2[nH]1. The van der Waals surface area contributed by atoms with Gasteiger partial charge >= 0.3 is 12.1 Å². The molecule has 0 amide bonds. The van der Waals surface area contributed by atoms with Gasteiger partial charge in [-0.15, -0.1) is 0 Å². The third-order valence-electron chi connectivity index (χ3n) is 1.88. The van der Waals surface area contributed by atoms with E-state index in [9.17, 15) is 18.0 Å². The van der Waals surface area contributed by atoms with Gasteiger partial charge in [-0.25, -0.2) is 4.98 Å². The molecule has 0 aromatic carbocycles. The molecule has 0 aliphatic carbocycles. The lowest BCUT2D eigenvalue weighted by molar-refractivity contribution is -0.136. The van der Waals surface area contributed by atoms with E-state index in [1.165, 1.54) is 0 Å². The number of H-pyrrole nitrogens is 1. The van der Waals surface area contributed by atoms with E-state index in [0.29, 0.717) is 11.3 Å². The monoisotopic (exact) mass is 338 g/mol. The normalized spacial score (nSPS) is 11.0. The third kappa shape index (κ3) is 5.73. The maximum Gasteiger partial charge on any atom is 0.386 e. The quantitative estimate of drug-likeness (QED) is 0.880.